The Balaban J connectivity index is 2.73. The van der Waals surface area contributed by atoms with Crippen LogP contribution >= 0.6 is 0 Å². The highest BCUT2D eigenvalue weighted by molar-refractivity contribution is 5.99. The molecule has 1 saturated heterocycles. The van der Waals surface area contributed by atoms with Crippen molar-refractivity contribution in [1.29, 1.82) is 0 Å². The lowest BCUT2D eigenvalue weighted by Crippen LogP contribution is -2.68. The second-order valence-electron chi connectivity index (χ2n) is 4.86. The van der Waals surface area contributed by atoms with E-state index in [9.17, 15) is 9.59 Å². The Morgan fingerprint density at radius 1 is 1.39 bits per heavy atom. The van der Waals surface area contributed by atoms with Crippen molar-refractivity contribution in [1.82, 2.24) is 10.2 Å². The van der Waals surface area contributed by atoms with E-state index in [0.29, 0.717) is 26.2 Å². The van der Waals surface area contributed by atoms with Crippen molar-refractivity contribution in [3.63, 3.8) is 0 Å². The van der Waals surface area contributed by atoms with Crippen LogP contribution in [0.2, 0.25) is 0 Å². The summed E-state index contributed by atoms with van der Waals surface area (Å²) in [6, 6.07) is -0.427. The first-order chi connectivity index (χ1) is 8.47. The molecule has 18 heavy (non-hydrogen) atoms. The van der Waals surface area contributed by atoms with E-state index in [-0.39, 0.29) is 11.8 Å². The molecule has 1 fully saturated rings. The van der Waals surface area contributed by atoms with E-state index in [4.69, 9.17) is 4.74 Å². The SMILES string of the molecule is CCOCCCN1C(=O)C(C)NC(=O)C1(C)CC. The minimum absolute atomic E-state index is 0.00421. The highest BCUT2D eigenvalue weighted by atomic mass is 16.5. The summed E-state index contributed by atoms with van der Waals surface area (Å²) in [5.41, 5.74) is -0.726. The summed E-state index contributed by atoms with van der Waals surface area (Å²) in [6.45, 7) is 9.29. The Morgan fingerprint density at radius 3 is 2.61 bits per heavy atom. The summed E-state index contributed by atoms with van der Waals surface area (Å²) in [7, 11) is 0. The lowest BCUT2D eigenvalue weighted by molar-refractivity contribution is -0.156. The second-order valence-corrected chi connectivity index (χ2v) is 4.86. The minimum atomic E-state index is -0.726. The number of carbonyl (C=O) groups is 2. The van der Waals surface area contributed by atoms with Gasteiger partial charge in [0, 0.05) is 19.8 Å². The highest BCUT2D eigenvalue weighted by Crippen LogP contribution is 2.25. The molecule has 1 N–H and O–H groups in total. The summed E-state index contributed by atoms with van der Waals surface area (Å²) in [5, 5.41) is 2.74. The number of ether oxygens (including phenoxy) is 1. The van der Waals surface area contributed by atoms with Crippen LogP contribution in [-0.4, -0.2) is 48.1 Å². The summed E-state index contributed by atoms with van der Waals surface area (Å²) in [6.07, 6.45) is 1.38. The zero-order valence-electron chi connectivity index (χ0n) is 11.8. The summed E-state index contributed by atoms with van der Waals surface area (Å²) in [4.78, 5) is 25.9. The largest absolute Gasteiger partial charge is 0.382 e. The van der Waals surface area contributed by atoms with Crippen molar-refractivity contribution in [3.8, 4) is 0 Å². The van der Waals surface area contributed by atoms with E-state index in [0.717, 1.165) is 6.42 Å². The lowest BCUT2D eigenvalue weighted by Gasteiger charge is -2.45. The Kier molecular flexibility index (Phi) is 5.14. The molecule has 0 aromatic heterocycles. The molecule has 2 unspecified atom stereocenters. The predicted octanol–water partition coefficient (Wildman–Crippen LogP) is 0.929. The van der Waals surface area contributed by atoms with Gasteiger partial charge >= 0.3 is 0 Å². The maximum atomic E-state index is 12.2. The number of hydrogen-bond acceptors (Lipinski definition) is 3. The number of hydrogen-bond donors (Lipinski definition) is 1. The molecule has 0 saturated carbocycles. The quantitative estimate of drug-likeness (QED) is 0.719. The monoisotopic (exact) mass is 256 g/mol. The molecule has 1 heterocycles. The van der Waals surface area contributed by atoms with Gasteiger partial charge in [-0.25, -0.2) is 0 Å². The topological polar surface area (TPSA) is 58.6 Å². The number of rotatable bonds is 6. The van der Waals surface area contributed by atoms with Gasteiger partial charge in [-0.05, 0) is 33.6 Å². The fraction of sp³-hybridized carbons (Fsp3) is 0.846. The fourth-order valence-corrected chi connectivity index (χ4v) is 2.19. The Bertz CT molecular complexity index is 319. The van der Waals surface area contributed by atoms with Gasteiger partial charge in [0.05, 0.1) is 0 Å². The normalized spacial score (nSPS) is 28.4. The van der Waals surface area contributed by atoms with E-state index in [1.54, 1.807) is 11.8 Å². The van der Waals surface area contributed by atoms with Gasteiger partial charge in [-0.2, -0.15) is 0 Å². The number of nitrogens with zero attached hydrogens (tertiary/aromatic N) is 1. The summed E-state index contributed by atoms with van der Waals surface area (Å²) < 4.78 is 5.28. The van der Waals surface area contributed by atoms with Crippen molar-refractivity contribution in [2.24, 2.45) is 0 Å². The average Bonchev–Trinajstić information content (AvgIpc) is 2.35. The first kappa shape index (κ1) is 15.0. The third-order valence-electron chi connectivity index (χ3n) is 3.63. The first-order valence-electron chi connectivity index (χ1n) is 6.67. The van der Waals surface area contributed by atoms with Gasteiger partial charge in [0.2, 0.25) is 11.8 Å². The van der Waals surface area contributed by atoms with Crippen LogP contribution in [0.5, 0.6) is 0 Å². The third kappa shape index (κ3) is 2.83. The van der Waals surface area contributed by atoms with Gasteiger partial charge in [-0.1, -0.05) is 6.92 Å². The van der Waals surface area contributed by atoms with E-state index in [1.807, 2.05) is 20.8 Å². The zero-order chi connectivity index (χ0) is 13.8. The van der Waals surface area contributed by atoms with E-state index >= 15 is 0 Å². The molecule has 0 aliphatic carbocycles. The standard InChI is InChI=1S/C13H24N2O3/c1-5-13(4)12(17)14-10(3)11(16)15(13)8-7-9-18-6-2/h10H,5-9H2,1-4H3,(H,14,17). The molecule has 1 rings (SSSR count). The Morgan fingerprint density at radius 2 is 2.06 bits per heavy atom. The van der Waals surface area contributed by atoms with Crippen molar-refractivity contribution in [2.45, 2.75) is 52.1 Å². The zero-order valence-corrected chi connectivity index (χ0v) is 11.8. The van der Waals surface area contributed by atoms with Gasteiger partial charge in [0.15, 0.2) is 0 Å². The molecule has 104 valence electrons. The number of carbonyl (C=O) groups excluding carboxylic acids is 2. The molecule has 2 atom stereocenters. The lowest BCUT2D eigenvalue weighted by atomic mass is 9.90. The maximum absolute atomic E-state index is 12.2. The van der Waals surface area contributed by atoms with Crippen LogP contribution in [0.3, 0.4) is 0 Å². The molecule has 0 spiro atoms. The van der Waals surface area contributed by atoms with Gasteiger partial charge in [0.25, 0.3) is 0 Å². The van der Waals surface area contributed by atoms with E-state index < -0.39 is 11.6 Å². The Hall–Kier alpha value is -1.10. The van der Waals surface area contributed by atoms with Crippen molar-refractivity contribution in [2.75, 3.05) is 19.8 Å². The van der Waals surface area contributed by atoms with Crippen LogP contribution in [0.4, 0.5) is 0 Å². The molecule has 2 amide bonds. The van der Waals surface area contributed by atoms with Crippen LogP contribution in [-0.2, 0) is 14.3 Å². The smallest absolute Gasteiger partial charge is 0.246 e. The minimum Gasteiger partial charge on any atom is -0.382 e. The molecule has 5 heteroatoms. The van der Waals surface area contributed by atoms with Gasteiger partial charge in [0.1, 0.15) is 11.6 Å². The first-order valence-corrected chi connectivity index (χ1v) is 6.67. The van der Waals surface area contributed by atoms with Crippen LogP contribution in [0.25, 0.3) is 0 Å². The van der Waals surface area contributed by atoms with Crippen molar-refractivity contribution >= 4 is 11.8 Å². The number of piperazine rings is 1. The van der Waals surface area contributed by atoms with E-state index in [1.165, 1.54) is 0 Å². The summed E-state index contributed by atoms with van der Waals surface area (Å²) in [5.74, 6) is -0.0658. The third-order valence-corrected chi connectivity index (χ3v) is 3.63. The van der Waals surface area contributed by atoms with Crippen LogP contribution in [0.1, 0.15) is 40.5 Å². The molecule has 0 radical (unpaired) electrons. The molecule has 0 aromatic rings. The predicted molar refractivity (Wildman–Crippen MR) is 69.1 cm³/mol. The van der Waals surface area contributed by atoms with Crippen molar-refractivity contribution in [3.05, 3.63) is 0 Å². The Labute approximate surface area is 109 Å². The average molecular weight is 256 g/mol. The van der Waals surface area contributed by atoms with Crippen LogP contribution in [0, 0.1) is 0 Å². The molecule has 1 aliphatic heterocycles. The number of amides is 2. The molecular formula is C13H24N2O3. The number of nitrogens with one attached hydrogen (secondary N) is 1. The van der Waals surface area contributed by atoms with Gasteiger partial charge in [-0.3, -0.25) is 9.59 Å². The molecular weight excluding hydrogens is 232 g/mol. The fourth-order valence-electron chi connectivity index (χ4n) is 2.19. The van der Waals surface area contributed by atoms with Crippen LogP contribution < -0.4 is 5.32 Å². The van der Waals surface area contributed by atoms with Gasteiger partial charge < -0.3 is 15.0 Å². The van der Waals surface area contributed by atoms with Crippen molar-refractivity contribution < 1.29 is 14.3 Å². The highest BCUT2D eigenvalue weighted by Gasteiger charge is 2.46. The molecule has 5 nitrogen and oxygen atoms in total. The molecule has 1 aliphatic rings. The van der Waals surface area contributed by atoms with Gasteiger partial charge in [-0.15, -0.1) is 0 Å². The van der Waals surface area contributed by atoms with Crippen LogP contribution in [0.15, 0.2) is 0 Å². The molecule has 0 bridgehead atoms. The summed E-state index contributed by atoms with van der Waals surface area (Å²) >= 11 is 0. The second kappa shape index (κ2) is 6.18. The van der Waals surface area contributed by atoms with E-state index in [2.05, 4.69) is 5.32 Å². The maximum Gasteiger partial charge on any atom is 0.246 e. The molecule has 0 aromatic carbocycles.